The zero-order valence-electron chi connectivity index (χ0n) is 14.8. The Bertz CT molecular complexity index is 515. The van der Waals surface area contributed by atoms with E-state index in [4.69, 9.17) is 5.73 Å². The van der Waals surface area contributed by atoms with Crippen LogP contribution in [0, 0.1) is 11.3 Å². The van der Waals surface area contributed by atoms with Crippen LogP contribution < -0.4 is 5.73 Å². The zero-order valence-corrected chi connectivity index (χ0v) is 15.6. The van der Waals surface area contributed by atoms with Gasteiger partial charge >= 0.3 is 0 Å². The Hall–Kier alpha value is -1.00. The number of thioether (sulfide) groups is 1. The van der Waals surface area contributed by atoms with Gasteiger partial charge in [-0.15, -0.1) is 11.8 Å². The van der Waals surface area contributed by atoms with Gasteiger partial charge in [0.25, 0.3) is 0 Å². The number of hydrogen-bond donors (Lipinski definition) is 1. The molecular formula is C19H30N2OS. The summed E-state index contributed by atoms with van der Waals surface area (Å²) in [7, 11) is 0. The molecule has 0 radical (unpaired) electrons. The molecule has 1 aliphatic heterocycles. The molecule has 2 unspecified atom stereocenters. The number of amides is 1. The Kier molecular flexibility index (Phi) is 6.15. The summed E-state index contributed by atoms with van der Waals surface area (Å²) in [4.78, 5) is 15.1. The average Bonchev–Trinajstić information content (AvgIpc) is 2.50. The van der Waals surface area contributed by atoms with Gasteiger partial charge in [-0.05, 0) is 23.3 Å². The van der Waals surface area contributed by atoms with Gasteiger partial charge in [-0.25, -0.2) is 0 Å². The molecule has 128 valence electrons. The molecule has 23 heavy (non-hydrogen) atoms. The Morgan fingerprint density at radius 1 is 1.35 bits per heavy atom. The van der Waals surface area contributed by atoms with E-state index in [1.165, 1.54) is 5.56 Å². The Morgan fingerprint density at radius 2 is 2.00 bits per heavy atom. The lowest BCUT2D eigenvalue weighted by molar-refractivity contribution is -0.134. The predicted molar refractivity (Wildman–Crippen MR) is 99.3 cm³/mol. The Labute approximate surface area is 145 Å². The van der Waals surface area contributed by atoms with Gasteiger partial charge in [0, 0.05) is 24.9 Å². The van der Waals surface area contributed by atoms with Crippen LogP contribution in [-0.4, -0.2) is 35.2 Å². The number of carbonyl (C=O) groups excluding carboxylic acids is 1. The minimum atomic E-state index is -0.000460. The average molecular weight is 335 g/mol. The molecule has 1 saturated heterocycles. The first-order chi connectivity index (χ1) is 10.8. The second kappa shape index (κ2) is 7.71. The first kappa shape index (κ1) is 18.3. The van der Waals surface area contributed by atoms with Crippen molar-refractivity contribution in [1.29, 1.82) is 0 Å². The van der Waals surface area contributed by atoms with Crippen LogP contribution in [0.3, 0.4) is 0 Å². The number of carbonyl (C=O) groups is 1. The highest BCUT2D eigenvalue weighted by atomic mass is 32.2. The fourth-order valence-electron chi connectivity index (χ4n) is 3.05. The molecule has 1 aromatic rings. The molecule has 0 aliphatic carbocycles. The van der Waals surface area contributed by atoms with E-state index < -0.39 is 0 Å². The molecular weight excluding hydrogens is 304 g/mol. The topological polar surface area (TPSA) is 46.3 Å². The van der Waals surface area contributed by atoms with E-state index in [-0.39, 0.29) is 22.6 Å². The van der Waals surface area contributed by atoms with Crippen LogP contribution in [0.5, 0.6) is 0 Å². The van der Waals surface area contributed by atoms with Crippen molar-refractivity contribution in [2.75, 3.05) is 13.1 Å². The van der Waals surface area contributed by atoms with Gasteiger partial charge in [0.05, 0.1) is 5.25 Å². The van der Waals surface area contributed by atoms with Crippen molar-refractivity contribution in [1.82, 2.24) is 4.90 Å². The molecule has 0 aromatic heterocycles. The summed E-state index contributed by atoms with van der Waals surface area (Å²) in [6.45, 7) is 10.2. The van der Waals surface area contributed by atoms with Crippen molar-refractivity contribution in [3.8, 4) is 0 Å². The summed E-state index contributed by atoms with van der Waals surface area (Å²) in [5.74, 6) is 1.49. The van der Waals surface area contributed by atoms with Crippen LogP contribution in [0.2, 0.25) is 0 Å². The highest BCUT2D eigenvalue weighted by molar-refractivity contribution is 7.99. The first-order valence-electron chi connectivity index (χ1n) is 8.51. The van der Waals surface area contributed by atoms with E-state index in [0.29, 0.717) is 5.92 Å². The maximum absolute atomic E-state index is 13.0. The van der Waals surface area contributed by atoms with Gasteiger partial charge in [0.1, 0.15) is 0 Å². The first-order valence-corrected chi connectivity index (χ1v) is 9.56. The van der Waals surface area contributed by atoms with Crippen LogP contribution in [0.25, 0.3) is 0 Å². The minimum Gasteiger partial charge on any atom is -0.341 e. The quantitative estimate of drug-likeness (QED) is 0.896. The molecule has 1 aromatic carbocycles. The number of nitrogens with zero attached hydrogens (tertiary/aromatic N) is 1. The van der Waals surface area contributed by atoms with E-state index in [1.54, 1.807) is 11.8 Å². The summed E-state index contributed by atoms with van der Waals surface area (Å²) in [6, 6.07) is 10.6. The molecule has 4 heteroatoms. The van der Waals surface area contributed by atoms with Crippen molar-refractivity contribution >= 4 is 17.7 Å². The highest BCUT2D eigenvalue weighted by Crippen LogP contribution is 2.31. The Morgan fingerprint density at radius 3 is 2.57 bits per heavy atom. The third-order valence-corrected chi connectivity index (χ3v) is 6.35. The van der Waals surface area contributed by atoms with Crippen LogP contribution in [0.1, 0.15) is 39.7 Å². The van der Waals surface area contributed by atoms with Crippen LogP contribution in [-0.2, 0) is 10.5 Å². The number of nitrogens with two attached hydrogens (primary N) is 1. The molecule has 3 nitrogen and oxygen atoms in total. The number of hydrogen-bond acceptors (Lipinski definition) is 3. The van der Waals surface area contributed by atoms with Crippen molar-refractivity contribution in [2.24, 2.45) is 17.1 Å². The largest absolute Gasteiger partial charge is 0.341 e. The van der Waals surface area contributed by atoms with Crippen molar-refractivity contribution in [3.63, 3.8) is 0 Å². The van der Waals surface area contributed by atoms with Crippen LogP contribution in [0.4, 0.5) is 0 Å². The van der Waals surface area contributed by atoms with Crippen LogP contribution >= 0.6 is 11.8 Å². The molecule has 2 rings (SSSR count). The summed E-state index contributed by atoms with van der Waals surface area (Å²) < 4.78 is 0. The van der Waals surface area contributed by atoms with E-state index >= 15 is 0 Å². The third kappa shape index (κ3) is 4.74. The molecule has 1 heterocycles. The second-order valence-corrected chi connectivity index (χ2v) is 8.73. The number of likely N-dealkylation sites (tertiary alicyclic amines) is 1. The molecule has 0 spiro atoms. The monoisotopic (exact) mass is 334 g/mol. The normalized spacial score (nSPS) is 22.2. The SMILES string of the molecule is CC(C)C(SCc1ccccc1)C(=O)N1CCC(N)C(C)(C)C1. The van der Waals surface area contributed by atoms with Crippen molar-refractivity contribution < 1.29 is 4.79 Å². The van der Waals surface area contributed by atoms with Crippen LogP contribution in [0.15, 0.2) is 30.3 Å². The van der Waals surface area contributed by atoms with Crippen molar-refractivity contribution in [3.05, 3.63) is 35.9 Å². The summed E-state index contributed by atoms with van der Waals surface area (Å²) in [5.41, 5.74) is 7.48. The fourth-order valence-corrected chi connectivity index (χ4v) is 4.29. The van der Waals surface area contributed by atoms with E-state index in [0.717, 1.165) is 25.3 Å². The summed E-state index contributed by atoms with van der Waals surface area (Å²) in [6.07, 6.45) is 0.896. The molecule has 2 atom stereocenters. The molecule has 1 aliphatic rings. The van der Waals surface area contributed by atoms with Gasteiger partial charge in [0.2, 0.25) is 5.91 Å². The Balaban J connectivity index is 2.01. The van der Waals surface area contributed by atoms with E-state index in [2.05, 4.69) is 52.0 Å². The lowest BCUT2D eigenvalue weighted by Gasteiger charge is -2.43. The summed E-state index contributed by atoms with van der Waals surface area (Å²) >= 11 is 1.76. The standard InChI is InChI=1S/C19H30N2OS/c1-14(2)17(23-12-15-8-6-5-7-9-15)18(22)21-11-10-16(20)19(3,4)13-21/h5-9,14,16-17H,10-13,20H2,1-4H3. The molecule has 0 saturated carbocycles. The predicted octanol–water partition coefficient (Wildman–Crippen LogP) is 3.53. The molecule has 2 N–H and O–H groups in total. The van der Waals surface area contributed by atoms with Gasteiger partial charge in [-0.3, -0.25) is 4.79 Å². The van der Waals surface area contributed by atoms with Gasteiger partial charge < -0.3 is 10.6 Å². The summed E-state index contributed by atoms with van der Waals surface area (Å²) in [5, 5.41) is 0.0142. The maximum atomic E-state index is 13.0. The number of piperidine rings is 1. The molecule has 0 bridgehead atoms. The minimum absolute atomic E-state index is 0.000460. The second-order valence-electron chi connectivity index (χ2n) is 7.60. The molecule has 1 amide bonds. The van der Waals surface area contributed by atoms with E-state index in [1.807, 2.05) is 11.0 Å². The lowest BCUT2D eigenvalue weighted by atomic mass is 9.79. The molecule has 1 fully saturated rings. The zero-order chi connectivity index (χ0) is 17.0. The van der Waals surface area contributed by atoms with Gasteiger partial charge in [0.15, 0.2) is 0 Å². The lowest BCUT2D eigenvalue weighted by Crippen LogP contribution is -2.55. The maximum Gasteiger partial charge on any atom is 0.235 e. The highest BCUT2D eigenvalue weighted by Gasteiger charge is 2.37. The van der Waals surface area contributed by atoms with Gasteiger partial charge in [-0.1, -0.05) is 58.0 Å². The number of benzene rings is 1. The fraction of sp³-hybridized carbons (Fsp3) is 0.632. The van der Waals surface area contributed by atoms with E-state index in [9.17, 15) is 4.79 Å². The van der Waals surface area contributed by atoms with Crippen molar-refractivity contribution in [2.45, 2.75) is 51.2 Å². The smallest absolute Gasteiger partial charge is 0.235 e. The van der Waals surface area contributed by atoms with Gasteiger partial charge in [-0.2, -0.15) is 0 Å². The third-order valence-electron chi connectivity index (χ3n) is 4.75. The number of rotatable bonds is 5.